The normalized spacial score (nSPS) is 9.93. The summed E-state index contributed by atoms with van der Waals surface area (Å²) in [6, 6.07) is 7.35. The Morgan fingerprint density at radius 3 is 3.00 bits per heavy atom. The first-order chi connectivity index (χ1) is 7.29. The minimum absolute atomic E-state index is 0.627. The Hall–Kier alpha value is -2.17. The lowest BCUT2D eigenvalue weighted by Gasteiger charge is -1.99. The number of hydrogen-bond acceptors (Lipinski definition) is 3. The molecule has 0 spiro atoms. The minimum Gasteiger partial charge on any atom is -0.329 e. The maximum Gasteiger partial charge on any atom is 0.211 e. The number of nitrogens with one attached hydrogen (secondary N) is 2. The van der Waals surface area contributed by atoms with E-state index >= 15 is 0 Å². The number of carbonyl (C=O) groups is 1. The Balaban J connectivity index is 2.36. The third kappa shape index (κ3) is 2.01. The Morgan fingerprint density at radius 2 is 2.33 bits per heavy atom. The Kier molecular flexibility index (Phi) is 2.45. The molecule has 0 unspecified atom stereocenters. The van der Waals surface area contributed by atoms with E-state index in [0.29, 0.717) is 12.2 Å². The van der Waals surface area contributed by atoms with E-state index in [1.807, 2.05) is 25.1 Å². The summed E-state index contributed by atoms with van der Waals surface area (Å²) in [4.78, 5) is 14.5. The van der Waals surface area contributed by atoms with Crippen molar-refractivity contribution < 1.29 is 4.79 Å². The van der Waals surface area contributed by atoms with Gasteiger partial charge in [0.25, 0.3) is 0 Å². The molecule has 0 radical (unpaired) electrons. The second-order valence-electron chi connectivity index (χ2n) is 3.09. The van der Waals surface area contributed by atoms with Gasteiger partial charge in [0.1, 0.15) is 5.82 Å². The molecule has 0 aliphatic carbocycles. The van der Waals surface area contributed by atoms with Crippen LogP contribution in [-0.4, -0.2) is 21.6 Å². The zero-order valence-corrected chi connectivity index (χ0v) is 8.19. The summed E-state index contributed by atoms with van der Waals surface area (Å²) in [7, 11) is 0. The van der Waals surface area contributed by atoms with Crippen LogP contribution in [0.25, 0.3) is 11.4 Å². The average Bonchev–Trinajstić information content (AvgIpc) is 2.66. The van der Waals surface area contributed by atoms with Gasteiger partial charge in [0.2, 0.25) is 6.41 Å². The van der Waals surface area contributed by atoms with E-state index in [9.17, 15) is 4.79 Å². The number of aryl methyl sites for hydroxylation is 1. The smallest absolute Gasteiger partial charge is 0.211 e. The summed E-state index contributed by atoms with van der Waals surface area (Å²) in [6.07, 6.45) is 0.641. The molecule has 1 aromatic carbocycles. The van der Waals surface area contributed by atoms with Crippen LogP contribution in [-0.2, 0) is 4.79 Å². The summed E-state index contributed by atoms with van der Waals surface area (Å²) in [5.74, 6) is 1.39. The molecule has 76 valence electrons. The van der Waals surface area contributed by atoms with E-state index in [-0.39, 0.29) is 0 Å². The predicted octanol–water partition coefficient (Wildman–Crippen LogP) is 1.35. The van der Waals surface area contributed by atoms with Crippen LogP contribution in [0.3, 0.4) is 0 Å². The Morgan fingerprint density at radius 1 is 1.47 bits per heavy atom. The number of benzene rings is 1. The molecule has 0 bridgehead atoms. The summed E-state index contributed by atoms with van der Waals surface area (Å²) < 4.78 is 0. The van der Waals surface area contributed by atoms with Crippen molar-refractivity contribution in [3.63, 3.8) is 0 Å². The van der Waals surface area contributed by atoms with Crippen molar-refractivity contribution in [1.29, 1.82) is 0 Å². The lowest BCUT2D eigenvalue weighted by molar-refractivity contribution is -0.105. The molecule has 2 rings (SSSR count). The van der Waals surface area contributed by atoms with E-state index < -0.39 is 0 Å². The highest BCUT2D eigenvalue weighted by atomic mass is 16.1. The molecule has 5 nitrogen and oxygen atoms in total. The van der Waals surface area contributed by atoms with E-state index in [2.05, 4.69) is 20.5 Å². The maximum atomic E-state index is 10.3. The topological polar surface area (TPSA) is 70.7 Å². The predicted molar refractivity (Wildman–Crippen MR) is 56.2 cm³/mol. The molecule has 0 fully saturated rings. The number of rotatable bonds is 3. The third-order valence-corrected chi connectivity index (χ3v) is 1.94. The number of nitrogens with zero attached hydrogens (tertiary/aromatic N) is 2. The van der Waals surface area contributed by atoms with Gasteiger partial charge in [-0.1, -0.05) is 12.1 Å². The van der Waals surface area contributed by atoms with Crippen molar-refractivity contribution in [3.8, 4) is 11.4 Å². The molecule has 1 aromatic heterocycles. The monoisotopic (exact) mass is 202 g/mol. The van der Waals surface area contributed by atoms with Crippen LogP contribution < -0.4 is 5.32 Å². The molecule has 0 atom stereocenters. The first kappa shape index (κ1) is 9.39. The fraction of sp³-hybridized carbons (Fsp3) is 0.100. The summed E-state index contributed by atoms with van der Waals surface area (Å²) in [5.41, 5.74) is 1.59. The number of anilines is 1. The van der Waals surface area contributed by atoms with Gasteiger partial charge in [-0.25, -0.2) is 4.98 Å². The SMILES string of the molecule is Cc1nc(-c2cccc(NC=O)c2)n[nH]1. The van der Waals surface area contributed by atoms with Crippen LogP contribution in [0.4, 0.5) is 5.69 Å². The molecule has 0 aliphatic heterocycles. The second-order valence-corrected chi connectivity index (χ2v) is 3.09. The molecule has 0 saturated carbocycles. The summed E-state index contributed by atoms with van der Waals surface area (Å²) in [6.45, 7) is 1.84. The van der Waals surface area contributed by atoms with Gasteiger partial charge in [-0.05, 0) is 19.1 Å². The first-order valence-electron chi connectivity index (χ1n) is 4.49. The Bertz CT molecular complexity index is 478. The van der Waals surface area contributed by atoms with Gasteiger partial charge in [0.15, 0.2) is 5.82 Å². The van der Waals surface area contributed by atoms with Crippen molar-refractivity contribution in [2.75, 3.05) is 5.32 Å². The molecule has 5 heteroatoms. The molecule has 2 aromatic rings. The minimum atomic E-state index is 0.627. The van der Waals surface area contributed by atoms with Crippen LogP contribution in [0, 0.1) is 6.92 Å². The van der Waals surface area contributed by atoms with Crippen molar-refractivity contribution in [2.24, 2.45) is 0 Å². The molecular formula is C10H10N4O. The lowest BCUT2D eigenvalue weighted by atomic mass is 10.2. The first-order valence-corrected chi connectivity index (χ1v) is 4.49. The van der Waals surface area contributed by atoms with Crippen LogP contribution in [0.5, 0.6) is 0 Å². The van der Waals surface area contributed by atoms with Gasteiger partial charge < -0.3 is 5.32 Å². The number of amides is 1. The molecule has 0 aliphatic rings. The molecule has 2 N–H and O–H groups in total. The van der Waals surface area contributed by atoms with Gasteiger partial charge in [-0.2, -0.15) is 5.10 Å². The van der Waals surface area contributed by atoms with E-state index in [0.717, 1.165) is 17.1 Å². The van der Waals surface area contributed by atoms with Crippen molar-refractivity contribution in [1.82, 2.24) is 15.2 Å². The number of aromatic nitrogens is 3. The number of hydrogen-bond donors (Lipinski definition) is 2. The highest BCUT2D eigenvalue weighted by molar-refractivity contribution is 5.74. The van der Waals surface area contributed by atoms with Crippen LogP contribution in [0.1, 0.15) is 5.82 Å². The fourth-order valence-corrected chi connectivity index (χ4v) is 1.29. The Labute approximate surface area is 86.5 Å². The van der Waals surface area contributed by atoms with Crippen molar-refractivity contribution in [2.45, 2.75) is 6.92 Å². The van der Waals surface area contributed by atoms with Gasteiger partial charge in [-0.3, -0.25) is 9.89 Å². The number of aromatic amines is 1. The quantitative estimate of drug-likeness (QED) is 0.738. The van der Waals surface area contributed by atoms with Gasteiger partial charge in [0, 0.05) is 11.3 Å². The van der Waals surface area contributed by atoms with Crippen LogP contribution in [0.2, 0.25) is 0 Å². The van der Waals surface area contributed by atoms with Crippen molar-refractivity contribution in [3.05, 3.63) is 30.1 Å². The molecule has 15 heavy (non-hydrogen) atoms. The third-order valence-electron chi connectivity index (χ3n) is 1.94. The average molecular weight is 202 g/mol. The highest BCUT2D eigenvalue weighted by Gasteiger charge is 2.03. The van der Waals surface area contributed by atoms with E-state index in [1.165, 1.54) is 0 Å². The fourth-order valence-electron chi connectivity index (χ4n) is 1.29. The maximum absolute atomic E-state index is 10.3. The van der Waals surface area contributed by atoms with Crippen LogP contribution in [0.15, 0.2) is 24.3 Å². The van der Waals surface area contributed by atoms with E-state index in [4.69, 9.17) is 0 Å². The molecular weight excluding hydrogens is 192 g/mol. The molecule has 1 amide bonds. The van der Waals surface area contributed by atoms with Gasteiger partial charge in [-0.15, -0.1) is 0 Å². The van der Waals surface area contributed by atoms with Crippen LogP contribution >= 0.6 is 0 Å². The zero-order valence-electron chi connectivity index (χ0n) is 8.19. The highest BCUT2D eigenvalue weighted by Crippen LogP contribution is 2.18. The number of carbonyl (C=O) groups excluding carboxylic acids is 1. The molecule has 1 heterocycles. The van der Waals surface area contributed by atoms with Gasteiger partial charge in [0.05, 0.1) is 0 Å². The lowest BCUT2D eigenvalue weighted by Crippen LogP contribution is -1.93. The summed E-state index contributed by atoms with van der Waals surface area (Å²) >= 11 is 0. The largest absolute Gasteiger partial charge is 0.329 e. The standard InChI is InChI=1S/C10H10N4O/c1-7-12-10(14-13-7)8-3-2-4-9(5-8)11-6-15/h2-6H,1H3,(H,11,15)(H,12,13,14). The second kappa shape index (κ2) is 3.91. The van der Waals surface area contributed by atoms with Crippen molar-refractivity contribution >= 4 is 12.1 Å². The molecule has 0 saturated heterocycles. The number of H-pyrrole nitrogens is 1. The summed E-state index contributed by atoms with van der Waals surface area (Å²) in [5, 5.41) is 9.38. The van der Waals surface area contributed by atoms with Gasteiger partial charge >= 0.3 is 0 Å². The zero-order chi connectivity index (χ0) is 10.7. The van der Waals surface area contributed by atoms with E-state index in [1.54, 1.807) is 6.07 Å².